The molecule has 1 unspecified atom stereocenters. The van der Waals surface area contributed by atoms with Crippen molar-refractivity contribution in [3.05, 3.63) is 46.9 Å². The number of carbonyl (C=O) groups is 3. The number of nitrogens with two attached hydrogens (primary N) is 1. The van der Waals surface area contributed by atoms with E-state index in [0.29, 0.717) is 11.3 Å². The molecule has 3 N–H and O–H groups in total. The van der Waals surface area contributed by atoms with Crippen LogP contribution in [0.2, 0.25) is 0 Å². The molecule has 2 aromatic heterocycles. The molecule has 1 fully saturated rings. The van der Waals surface area contributed by atoms with Crippen LogP contribution in [0.1, 0.15) is 11.4 Å². The van der Waals surface area contributed by atoms with E-state index in [1.165, 1.54) is 23.7 Å². The maximum Gasteiger partial charge on any atom is 1.00 e. The maximum atomic E-state index is 13.0. The van der Waals surface area contributed by atoms with Crippen LogP contribution >= 0.6 is 11.3 Å². The number of nitrogens with one attached hydrogen (secondary N) is 1. The number of pyridine rings is 1. The number of carboxylic acid groups (broad SMARTS) is 1. The Morgan fingerprint density at radius 3 is 2.78 bits per heavy atom. The fourth-order valence-corrected chi connectivity index (χ4v) is 3.96. The standard InChI is InChI=1S/C18H17N7O5S.Na/c1-30-23-13(12-8-31-18(19)22-12)15(26)21-11-7-24-6-9(10-4-2-3-5-20-10)14(17(28)29)25(24)16(11)27;/h2-5,8,11H,6-7H2,1H3,(H2,19,22)(H,21,26)(H,28,29);/q;+1/p-1/b23-13-;. The van der Waals surface area contributed by atoms with E-state index in [4.69, 9.17) is 10.6 Å². The first-order valence-electron chi connectivity index (χ1n) is 8.98. The zero-order valence-electron chi connectivity index (χ0n) is 17.1. The first-order valence-corrected chi connectivity index (χ1v) is 9.86. The average Bonchev–Trinajstić information content (AvgIpc) is 3.42. The minimum atomic E-state index is -1.51. The third kappa shape index (κ3) is 4.38. The van der Waals surface area contributed by atoms with Crippen LogP contribution in [0.4, 0.5) is 5.13 Å². The topological polar surface area (TPSA) is 166 Å². The molecule has 14 heteroatoms. The van der Waals surface area contributed by atoms with Gasteiger partial charge >= 0.3 is 29.6 Å². The zero-order chi connectivity index (χ0) is 22.1. The summed E-state index contributed by atoms with van der Waals surface area (Å²) in [5, 5.41) is 22.3. The van der Waals surface area contributed by atoms with Gasteiger partial charge < -0.3 is 25.8 Å². The van der Waals surface area contributed by atoms with E-state index in [2.05, 4.69) is 20.4 Å². The molecule has 160 valence electrons. The number of fused-ring (bicyclic) bond motifs is 1. The summed E-state index contributed by atoms with van der Waals surface area (Å²) in [5.74, 6) is -2.84. The largest absolute Gasteiger partial charge is 1.00 e. The molecule has 0 bridgehead atoms. The van der Waals surface area contributed by atoms with Crippen LogP contribution in [0.15, 0.2) is 40.6 Å². The van der Waals surface area contributed by atoms with Crippen molar-refractivity contribution >= 4 is 45.5 Å². The minimum absolute atomic E-state index is 0. The molecule has 0 spiro atoms. The summed E-state index contributed by atoms with van der Waals surface area (Å²) in [6.07, 6.45) is 1.53. The van der Waals surface area contributed by atoms with Gasteiger partial charge in [-0.3, -0.25) is 14.6 Å². The van der Waals surface area contributed by atoms with Crippen molar-refractivity contribution < 1.29 is 53.9 Å². The summed E-state index contributed by atoms with van der Waals surface area (Å²) in [4.78, 5) is 50.4. The molecule has 4 rings (SSSR count). The van der Waals surface area contributed by atoms with Gasteiger partial charge in [-0.2, -0.15) is 0 Å². The molecular formula is C18H16N7NaO5S. The third-order valence-electron chi connectivity index (χ3n) is 4.66. The monoisotopic (exact) mass is 465 g/mol. The molecule has 0 radical (unpaired) electrons. The molecule has 4 heterocycles. The molecule has 2 aliphatic heterocycles. The fourth-order valence-electron chi connectivity index (χ4n) is 3.41. The number of nitrogens with zero attached hydrogens (tertiary/aromatic N) is 5. The smallest absolute Gasteiger partial charge is 0.543 e. The molecule has 1 atom stereocenters. The van der Waals surface area contributed by atoms with Crippen LogP contribution in [0.25, 0.3) is 5.57 Å². The first kappa shape index (κ1) is 23.8. The number of aliphatic carboxylic acids is 1. The molecular weight excluding hydrogens is 449 g/mol. The molecule has 2 amide bonds. The van der Waals surface area contributed by atoms with Gasteiger partial charge in [0.2, 0.25) is 0 Å². The van der Waals surface area contributed by atoms with Crippen molar-refractivity contribution in [1.82, 2.24) is 25.3 Å². The van der Waals surface area contributed by atoms with Gasteiger partial charge in [0.15, 0.2) is 10.8 Å². The predicted molar refractivity (Wildman–Crippen MR) is 107 cm³/mol. The van der Waals surface area contributed by atoms with Crippen molar-refractivity contribution in [2.24, 2.45) is 5.16 Å². The van der Waals surface area contributed by atoms with Crippen molar-refractivity contribution in [3.8, 4) is 0 Å². The van der Waals surface area contributed by atoms with E-state index >= 15 is 0 Å². The van der Waals surface area contributed by atoms with E-state index in [-0.39, 0.29) is 64.9 Å². The Bertz CT molecular complexity index is 1120. The van der Waals surface area contributed by atoms with Gasteiger partial charge in [0, 0.05) is 30.2 Å². The Kier molecular flexibility index (Phi) is 7.26. The van der Waals surface area contributed by atoms with E-state index in [0.717, 1.165) is 16.3 Å². The van der Waals surface area contributed by atoms with Crippen LogP contribution in [0.5, 0.6) is 0 Å². The average molecular weight is 465 g/mol. The van der Waals surface area contributed by atoms with Gasteiger partial charge in [-0.05, 0) is 12.1 Å². The van der Waals surface area contributed by atoms with Crippen molar-refractivity contribution in [2.45, 2.75) is 6.04 Å². The Morgan fingerprint density at radius 1 is 1.41 bits per heavy atom. The second kappa shape index (κ2) is 9.75. The summed E-state index contributed by atoms with van der Waals surface area (Å²) in [7, 11) is 1.27. The second-order valence-electron chi connectivity index (χ2n) is 6.55. The Balaban J connectivity index is 0.00000289. The number of hydrogen-bond donors (Lipinski definition) is 2. The van der Waals surface area contributed by atoms with Gasteiger partial charge in [-0.25, -0.2) is 15.0 Å². The van der Waals surface area contributed by atoms with E-state index in [9.17, 15) is 19.5 Å². The number of thiazole rings is 1. The molecule has 1 saturated heterocycles. The molecule has 2 aliphatic rings. The predicted octanol–water partition coefficient (Wildman–Crippen LogP) is -4.81. The van der Waals surface area contributed by atoms with Gasteiger partial charge in [-0.15, -0.1) is 11.3 Å². The summed E-state index contributed by atoms with van der Waals surface area (Å²) in [6.45, 7) is 0.178. The molecule has 0 aromatic carbocycles. The number of carboxylic acids is 1. The van der Waals surface area contributed by atoms with E-state index in [1.54, 1.807) is 18.2 Å². The van der Waals surface area contributed by atoms with Gasteiger partial charge in [0.05, 0.1) is 17.4 Å². The Hall–Kier alpha value is -2.84. The number of hydrogen-bond acceptors (Lipinski definition) is 11. The summed E-state index contributed by atoms with van der Waals surface area (Å²) < 4.78 is 0. The second-order valence-corrected chi connectivity index (χ2v) is 7.44. The molecule has 2 aromatic rings. The molecule has 12 nitrogen and oxygen atoms in total. The maximum absolute atomic E-state index is 13.0. The quantitative estimate of drug-likeness (QED) is 0.242. The zero-order valence-corrected chi connectivity index (χ0v) is 20.0. The van der Waals surface area contributed by atoms with Gasteiger partial charge in [0.1, 0.15) is 18.8 Å². The number of nitrogen functional groups attached to an aromatic ring is 1. The normalized spacial score (nSPS) is 18.4. The number of oxime groups is 1. The number of rotatable bonds is 6. The summed E-state index contributed by atoms with van der Waals surface area (Å²) >= 11 is 1.12. The van der Waals surface area contributed by atoms with Crippen LogP contribution in [-0.4, -0.2) is 69.7 Å². The Morgan fingerprint density at radius 2 is 2.19 bits per heavy atom. The number of carbonyl (C=O) groups excluding carboxylic acids is 3. The van der Waals surface area contributed by atoms with Crippen LogP contribution < -0.4 is 45.7 Å². The number of anilines is 1. The SMILES string of the molecule is CO/N=C(\C(=O)NC1CN2CC(c3ccccn3)=C(C(=O)[O-])N2C1=O)c1csc(N)n1.[Na+]. The van der Waals surface area contributed by atoms with Gasteiger partial charge in [-0.1, -0.05) is 11.2 Å². The number of amides is 2. The number of hydrazine groups is 1. The minimum Gasteiger partial charge on any atom is -0.543 e. The molecule has 0 aliphatic carbocycles. The van der Waals surface area contributed by atoms with Crippen molar-refractivity contribution in [2.75, 3.05) is 25.9 Å². The molecule has 0 saturated carbocycles. The fraction of sp³-hybridized carbons (Fsp3) is 0.222. The van der Waals surface area contributed by atoms with Gasteiger partial charge in [0.25, 0.3) is 11.8 Å². The first-order chi connectivity index (χ1) is 14.9. The van der Waals surface area contributed by atoms with Crippen molar-refractivity contribution in [3.63, 3.8) is 0 Å². The Labute approximate surface area is 208 Å². The van der Waals surface area contributed by atoms with E-state index in [1.807, 2.05) is 0 Å². The van der Waals surface area contributed by atoms with E-state index < -0.39 is 23.8 Å². The van der Waals surface area contributed by atoms with Crippen molar-refractivity contribution in [1.29, 1.82) is 0 Å². The summed E-state index contributed by atoms with van der Waals surface area (Å²) in [5.41, 5.74) is 6.14. The summed E-state index contributed by atoms with van der Waals surface area (Å²) in [6, 6.07) is 4.06. The van der Waals surface area contributed by atoms with Crippen LogP contribution in [0.3, 0.4) is 0 Å². The third-order valence-corrected chi connectivity index (χ3v) is 5.33. The number of aromatic nitrogens is 2. The molecule has 32 heavy (non-hydrogen) atoms. The van der Waals surface area contributed by atoms with Crippen LogP contribution in [-0.2, 0) is 19.2 Å². The van der Waals surface area contributed by atoms with Crippen LogP contribution in [0, 0.1) is 0 Å².